The highest BCUT2D eigenvalue weighted by atomic mass is 35.5. The summed E-state index contributed by atoms with van der Waals surface area (Å²) in [7, 11) is 1.79. The lowest BCUT2D eigenvalue weighted by atomic mass is 9.83. The molecule has 5 heteroatoms. The fourth-order valence-corrected chi connectivity index (χ4v) is 4.92. The van der Waals surface area contributed by atoms with E-state index in [4.69, 9.17) is 16.3 Å². The average Bonchev–Trinajstić information content (AvgIpc) is 2.96. The van der Waals surface area contributed by atoms with Gasteiger partial charge in [0.1, 0.15) is 0 Å². The van der Waals surface area contributed by atoms with Gasteiger partial charge in [-0.15, -0.1) is 0 Å². The van der Waals surface area contributed by atoms with E-state index < -0.39 is 11.8 Å². The van der Waals surface area contributed by atoms with E-state index in [1.54, 1.807) is 11.9 Å². The highest BCUT2D eigenvalue weighted by Crippen LogP contribution is 2.56. The number of carbonyl (C=O) groups excluding carboxylic acids is 1. The molecule has 6 rings (SSSR count). The average molecular weight is 401 g/mol. The van der Waals surface area contributed by atoms with Crippen molar-refractivity contribution in [3.63, 3.8) is 0 Å². The molecule has 0 saturated carbocycles. The van der Waals surface area contributed by atoms with Gasteiger partial charge in [-0.25, -0.2) is 0 Å². The fraction of sp³-hybridized carbons (Fsp3) is 0.125. The number of hydrogen-bond acceptors (Lipinski definition) is 3. The second-order valence-electron chi connectivity index (χ2n) is 7.55. The number of para-hydroxylation sites is 1. The van der Waals surface area contributed by atoms with Crippen molar-refractivity contribution in [2.75, 3.05) is 16.8 Å². The minimum atomic E-state index is -1.23. The van der Waals surface area contributed by atoms with E-state index in [1.165, 1.54) is 0 Å². The summed E-state index contributed by atoms with van der Waals surface area (Å²) < 4.78 is 6.78. The molecule has 0 N–H and O–H groups in total. The third-order valence-electron chi connectivity index (χ3n) is 6.08. The van der Waals surface area contributed by atoms with Gasteiger partial charge in [0.25, 0.3) is 5.91 Å². The van der Waals surface area contributed by atoms with Crippen LogP contribution in [-0.4, -0.2) is 13.0 Å². The predicted octanol–water partition coefficient (Wildman–Crippen LogP) is 5.08. The lowest BCUT2D eigenvalue weighted by Gasteiger charge is -2.46. The number of likely N-dealkylation sites (N-methyl/N-ethyl adjacent to an activating group) is 1. The monoisotopic (exact) mass is 400 g/mol. The van der Waals surface area contributed by atoms with Gasteiger partial charge in [0.15, 0.2) is 6.23 Å². The maximum absolute atomic E-state index is 13.7. The molecule has 3 aliphatic rings. The van der Waals surface area contributed by atoms with Gasteiger partial charge in [0.05, 0.1) is 11.4 Å². The molecule has 3 aromatic rings. The van der Waals surface area contributed by atoms with Gasteiger partial charge >= 0.3 is 0 Å². The van der Waals surface area contributed by atoms with Crippen molar-refractivity contribution < 1.29 is 9.53 Å². The Morgan fingerprint density at radius 3 is 2.66 bits per heavy atom. The SMILES string of the molecule is CN1C(=O)[C@@]2(O[C@H]3c4ccccc4C=CN3c3ccccc32)c2cc(Cl)ccc21. The van der Waals surface area contributed by atoms with Crippen LogP contribution in [0.1, 0.15) is 28.5 Å². The molecular weight excluding hydrogens is 384 g/mol. The van der Waals surface area contributed by atoms with E-state index in [0.717, 1.165) is 33.6 Å². The van der Waals surface area contributed by atoms with Crippen LogP contribution in [0.25, 0.3) is 6.08 Å². The molecule has 4 nitrogen and oxygen atoms in total. The Morgan fingerprint density at radius 1 is 0.966 bits per heavy atom. The number of anilines is 2. The van der Waals surface area contributed by atoms with Gasteiger partial charge in [0, 0.05) is 35.0 Å². The third kappa shape index (κ3) is 2.05. The molecule has 3 aliphatic heterocycles. The zero-order valence-electron chi connectivity index (χ0n) is 15.7. The molecule has 0 unspecified atom stereocenters. The van der Waals surface area contributed by atoms with Crippen molar-refractivity contribution in [3.05, 3.63) is 100 Å². The second-order valence-corrected chi connectivity index (χ2v) is 7.98. The first kappa shape index (κ1) is 16.8. The van der Waals surface area contributed by atoms with Gasteiger partial charge in [-0.3, -0.25) is 4.79 Å². The molecule has 1 spiro atoms. The fourth-order valence-electron chi connectivity index (χ4n) is 4.75. The van der Waals surface area contributed by atoms with E-state index in [-0.39, 0.29) is 5.91 Å². The number of nitrogens with zero attached hydrogens (tertiary/aromatic N) is 2. The molecule has 3 heterocycles. The summed E-state index contributed by atoms with van der Waals surface area (Å²) in [6.45, 7) is 0. The number of fused-ring (bicyclic) bond motifs is 8. The second kappa shape index (κ2) is 5.72. The van der Waals surface area contributed by atoms with Crippen molar-refractivity contribution in [2.24, 2.45) is 0 Å². The number of halogens is 1. The number of hydrogen-bond donors (Lipinski definition) is 0. The van der Waals surface area contributed by atoms with Gasteiger partial charge in [0.2, 0.25) is 5.60 Å². The molecular formula is C24H17ClN2O2. The first-order chi connectivity index (χ1) is 14.1. The van der Waals surface area contributed by atoms with Crippen molar-refractivity contribution in [3.8, 4) is 0 Å². The minimum absolute atomic E-state index is 0.103. The molecule has 142 valence electrons. The van der Waals surface area contributed by atoms with E-state index in [9.17, 15) is 4.79 Å². The largest absolute Gasteiger partial charge is 0.328 e. The highest BCUT2D eigenvalue weighted by molar-refractivity contribution is 6.31. The Morgan fingerprint density at radius 2 is 1.76 bits per heavy atom. The molecule has 0 bridgehead atoms. The maximum atomic E-state index is 13.7. The van der Waals surface area contributed by atoms with E-state index >= 15 is 0 Å². The van der Waals surface area contributed by atoms with Gasteiger partial charge < -0.3 is 14.5 Å². The number of amides is 1. The Balaban J connectivity index is 1.68. The van der Waals surface area contributed by atoms with Crippen molar-refractivity contribution >= 4 is 35.0 Å². The summed E-state index contributed by atoms with van der Waals surface area (Å²) in [6, 6.07) is 21.6. The van der Waals surface area contributed by atoms with Crippen LogP contribution in [0.4, 0.5) is 11.4 Å². The molecule has 0 saturated heterocycles. The van der Waals surface area contributed by atoms with Crippen LogP contribution in [0.5, 0.6) is 0 Å². The zero-order valence-corrected chi connectivity index (χ0v) is 16.4. The molecule has 1 amide bonds. The third-order valence-corrected chi connectivity index (χ3v) is 6.32. The molecule has 0 aromatic heterocycles. The molecule has 29 heavy (non-hydrogen) atoms. The Labute approximate surface area is 173 Å². The van der Waals surface area contributed by atoms with Gasteiger partial charge in [-0.2, -0.15) is 0 Å². The maximum Gasteiger partial charge on any atom is 0.268 e. The normalized spacial score (nSPS) is 23.7. The van der Waals surface area contributed by atoms with Crippen LogP contribution < -0.4 is 9.80 Å². The van der Waals surface area contributed by atoms with Crippen LogP contribution in [0.15, 0.2) is 72.9 Å². The summed E-state index contributed by atoms with van der Waals surface area (Å²) in [5.74, 6) is -0.103. The Hall–Kier alpha value is -3.08. The van der Waals surface area contributed by atoms with Crippen molar-refractivity contribution in [2.45, 2.75) is 11.8 Å². The minimum Gasteiger partial charge on any atom is -0.328 e. The topological polar surface area (TPSA) is 32.8 Å². The quantitative estimate of drug-likeness (QED) is 0.527. The van der Waals surface area contributed by atoms with Crippen LogP contribution in [0.2, 0.25) is 5.02 Å². The lowest BCUT2D eigenvalue weighted by molar-refractivity contribution is -0.147. The van der Waals surface area contributed by atoms with E-state index in [2.05, 4.69) is 23.1 Å². The number of benzene rings is 3. The first-order valence-corrected chi connectivity index (χ1v) is 9.90. The van der Waals surface area contributed by atoms with Crippen LogP contribution >= 0.6 is 11.6 Å². The molecule has 3 aromatic carbocycles. The molecule has 0 radical (unpaired) electrons. The van der Waals surface area contributed by atoms with Crippen molar-refractivity contribution in [1.29, 1.82) is 0 Å². The standard InChI is InChI=1S/C24H17ClN2O2/c1-26-20-11-10-16(25)14-19(20)24(23(26)28)18-8-4-5-9-21(18)27-13-12-15-6-2-3-7-17(15)22(27)29-24/h2-14,22H,1H3/t22-,24-/m0/s1. The van der Waals surface area contributed by atoms with Gasteiger partial charge in [-0.05, 0) is 35.9 Å². The summed E-state index contributed by atoms with van der Waals surface area (Å²) in [5.41, 5.74) is 4.30. The molecule has 0 aliphatic carbocycles. The molecule has 2 atom stereocenters. The van der Waals surface area contributed by atoms with Crippen molar-refractivity contribution in [1.82, 2.24) is 0 Å². The van der Waals surface area contributed by atoms with Crippen LogP contribution in [0, 0.1) is 0 Å². The lowest BCUT2D eigenvalue weighted by Crippen LogP contribution is -2.49. The summed E-state index contributed by atoms with van der Waals surface area (Å²) in [6.07, 6.45) is 3.70. The van der Waals surface area contributed by atoms with E-state index in [1.807, 2.05) is 60.8 Å². The molecule has 0 fully saturated rings. The summed E-state index contributed by atoms with van der Waals surface area (Å²) in [5, 5.41) is 0.582. The van der Waals surface area contributed by atoms with Crippen LogP contribution in [-0.2, 0) is 15.1 Å². The predicted molar refractivity (Wildman–Crippen MR) is 114 cm³/mol. The zero-order chi connectivity index (χ0) is 19.8. The summed E-state index contributed by atoms with van der Waals surface area (Å²) in [4.78, 5) is 17.5. The Bertz CT molecular complexity index is 1220. The van der Waals surface area contributed by atoms with E-state index in [0.29, 0.717) is 5.02 Å². The number of carbonyl (C=O) groups is 1. The smallest absolute Gasteiger partial charge is 0.268 e. The number of ether oxygens (including phenoxy) is 1. The first-order valence-electron chi connectivity index (χ1n) is 9.52. The number of rotatable bonds is 0. The summed E-state index contributed by atoms with van der Waals surface area (Å²) >= 11 is 6.36. The Kier molecular flexibility index (Phi) is 3.32. The van der Waals surface area contributed by atoms with Gasteiger partial charge in [-0.1, -0.05) is 54.1 Å². The highest BCUT2D eigenvalue weighted by Gasteiger charge is 2.58. The van der Waals surface area contributed by atoms with Crippen LogP contribution in [0.3, 0.4) is 0 Å².